The molecule has 0 amide bonds. The van der Waals surface area contributed by atoms with Crippen molar-refractivity contribution >= 4 is 26.0 Å². The summed E-state index contributed by atoms with van der Waals surface area (Å²) in [5, 5.41) is 0. The number of hydrogen-bond acceptors (Lipinski definition) is 3. The zero-order chi connectivity index (χ0) is 17.3. The lowest BCUT2D eigenvalue weighted by Crippen LogP contribution is -2.33. The van der Waals surface area contributed by atoms with Crippen molar-refractivity contribution in [2.24, 2.45) is 0 Å². The highest BCUT2D eigenvalue weighted by Crippen LogP contribution is 2.37. The third-order valence-corrected chi connectivity index (χ3v) is 5.78. The number of ether oxygens (including phenoxy) is 1. The van der Waals surface area contributed by atoms with E-state index in [9.17, 15) is 8.42 Å². The van der Waals surface area contributed by atoms with Gasteiger partial charge in [-0.05, 0) is 37.3 Å². The first kappa shape index (κ1) is 17.0. The summed E-state index contributed by atoms with van der Waals surface area (Å²) in [6.45, 7) is 5.82. The first-order chi connectivity index (χ1) is 11.4. The van der Waals surface area contributed by atoms with Crippen molar-refractivity contribution in [1.29, 1.82) is 0 Å². The van der Waals surface area contributed by atoms with Crippen molar-refractivity contribution in [3.8, 4) is 5.75 Å². The van der Waals surface area contributed by atoms with Crippen LogP contribution in [-0.2, 0) is 10.0 Å². The van der Waals surface area contributed by atoms with E-state index in [1.165, 1.54) is 0 Å². The molecule has 0 spiro atoms. The van der Waals surface area contributed by atoms with Crippen LogP contribution in [0, 0.1) is 6.92 Å². The predicted molar refractivity (Wildman–Crippen MR) is 96.5 cm³/mol. The molecule has 1 aliphatic heterocycles. The molecule has 0 radical (unpaired) electrons. The molecule has 1 unspecified atom stereocenters. The number of nitrogens with one attached hydrogen (secondary N) is 1. The minimum atomic E-state index is -3.68. The second-order valence-corrected chi connectivity index (χ2v) is 8.17. The van der Waals surface area contributed by atoms with Gasteiger partial charge in [-0.15, -0.1) is 5.73 Å². The lowest BCUT2D eigenvalue weighted by atomic mass is 9.97. The van der Waals surface area contributed by atoms with Crippen molar-refractivity contribution in [3.05, 3.63) is 75.9 Å². The van der Waals surface area contributed by atoms with Crippen LogP contribution in [0.3, 0.4) is 0 Å². The maximum Gasteiger partial charge on any atom is 0.241 e. The molecule has 3 rings (SSSR count). The van der Waals surface area contributed by atoms with Crippen LogP contribution in [0.4, 0.5) is 0 Å². The van der Waals surface area contributed by atoms with Gasteiger partial charge in [0.05, 0.1) is 10.9 Å². The van der Waals surface area contributed by atoms with Gasteiger partial charge in [0, 0.05) is 15.6 Å². The fourth-order valence-corrected chi connectivity index (χ4v) is 4.12. The molecule has 24 heavy (non-hydrogen) atoms. The van der Waals surface area contributed by atoms with E-state index in [-0.39, 0.29) is 11.5 Å². The maximum atomic E-state index is 12.7. The van der Waals surface area contributed by atoms with E-state index in [2.05, 4.69) is 33.0 Å². The minimum Gasteiger partial charge on any atom is -0.488 e. The number of rotatable bonds is 3. The third kappa shape index (κ3) is 3.32. The van der Waals surface area contributed by atoms with E-state index in [4.69, 9.17) is 4.74 Å². The molecule has 1 atom stereocenters. The Morgan fingerprint density at radius 3 is 2.62 bits per heavy atom. The van der Waals surface area contributed by atoms with Crippen LogP contribution in [0.25, 0.3) is 0 Å². The summed E-state index contributed by atoms with van der Waals surface area (Å²) >= 11 is 3.41. The quantitative estimate of drug-likeness (QED) is 0.788. The summed E-state index contributed by atoms with van der Waals surface area (Å²) in [6.07, 6.45) is 0. The zero-order valence-electron chi connectivity index (χ0n) is 13.0. The van der Waals surface area contributed by atoms with Crippen LogP contribution in [0.15, 0.2) is 69.7 Å². The fourth-order valence-electron chi connectivity index (χ4n) is 2.53. The van der Waals surface area contributed by atoms with Crippen LogP contribution in [-0.4, -0.2) is 15.0 Å². The molecular weight excluding hydrogens is 390 g/mol. The number of hydrogen-bond donors (Lipinski definition) is 1. The number of fused-ring (bicyclic) bond motifs is 1. The average molecular weight is 406 g/mol. The number of sulfonamides is 1. The zero-order valence-corrected chi connectivity index (χ0v) is 15.4. The minimum absolute atomic E-state index is 0.222. The molecule has 0 aromatic heterocycles. The van der Waals surface area contributed by atoms with E-state index >= 15 is 0 Å². The third-order valence-electron chi connectivity index (χ3n) is 3.85. The SMILES string of the molecule is C=C=C1COc2ccc(Br)cc2C1NS(=O)(=O)c1ccc(C)cc1. The van der Waals surface area contributed by atoms with Crippen LogP contribution >= 0.6 is 15.9 Å². The highest BCUT2D eigenvalue weighted by atomic mass is 79.9. The van der Waals surface area contributed by atoms with Crippen LogP contribution in [0.1, 0.15) is 17.2 Å². The normalized spacial score (nSPS) is 16.9. The van der Waals surface area contributed by atoms with Gasteiger partial charge in [0.2, 0.25) is 10.0 Å². The smallest absolute Gasteiger partial charge is 0.241 e. The van der Waals surface area contributed by atoms with E-state index in [0.717, 1.165) is 15.6 Å². The molecule has 0 saturated heterocycles. The molecular formula is C18H16BrNO3S. The summed E-state index contributed by atoms with van der Waals surface area (Å²) in [5.74, 6) is 0.647. The Kier molecular flexibility index (Phi) is 4.65. The standard InChI is InChI=1S/C18H16BrNO3S/c1-3-13-11-23-17-9-6-14(19)10-16(17)18(13)20-24(21,22)15-7-4-12(2)5-8-15/h4-10,18,20H,1,11H2,2H3. The summed E-state index contributed by atoms with van der Waals surface area (Å²) in [6, 6.07) is 11.7. The van der Waals surface area contributed by atoms with Gasteiger partial charge in [-0.3, -0.25) is 0 Å². The Labute approximate surface area is 150 Å². The van der Waals surface area contributed by atoms with Crippen LogP contribution in [0.5, 0.6) is 5.75 Å². The monoisotopic (exact) mass is 405 g/mol. The van der Waals surface area contributed by atoms with Gasteiger partial charge in [0.15, 0.2) is 0 Å². The summed E-state index contributed by atoms with van der Waals surface area (Å²) in [7, 11) is -3.68. The summed E-state index contributed by atoms with van der Waals surface area (Å²) in [5.41, 5.74) is 5.18. The Morgan fingerprint density at radius 1 is 1.25 bits per heavy atom. The highest BCUT2D eigenvalue weighted by Gasteiger charge is 2.30. The van der Waals surface area contributed by atoms with Gasteiger partial charge in [0.25, 0.3) is 0 Å². The number of benzene rings is 2. The lowest BCUT2D eigenvalue weighted by Gasteiger charge is -2.28. The molecule has 1 heterocycles. The van der Waals surface area contributed by atoms with Crippen molar-refractivity contribution in [2.75, 3.05) is 6.61 Å². The van der Waals surface area contributed by atoms with Crippen LogP contribution in [0.2, 0.25) is 0 Å². The Morgan fingerprint density at radius 2 is 1.96 bits per heavy atom. The average Bonchev–Trinajstić information content (AvgIpc) is 2.55. The molecule has 1 N–H and O–H groups in total. The molecule has 124 valence electrons. The number of aryl methyl sites for hydroxylation is 1. The Hall–Kier alpha value is -1.85. The van der Waals surface area contributed by atoms with Crippen molar-refractivity contribution in [2.45, 2.75) is 17.9 Å². The molecule has 6 heteroatoms. The molecule has 0 bridgehead atoms. The Balaban J connectivity index is 2.03. The van der Waals surface area contributed by atoms with Gasteiger partial charge in [-0.1, -0.05) is 40.2 Å². The molecule has 0 saturated carbocycles. The highest BCUT2D eigenvalue weighted by molar-refractivity contribution is 9.10. The first-order valence-electron chi connectivity index (χ1n) is 7.31. The van der Waals surface area contributed by atoms with Gasteiger partial charge in [0.1, 0.15) is 12.4 Å². The lowest BCUT2D eigenvalue weighted by molar-refractivity contribution is 0.316. The van der Waals surface area contributed by atoms with E-state index < -0.39 is 16.1 Å². The van der Waals surface area contributed by atoms with Gasteiger partial charge >= 0.3 is 0 Å². The number of halogens is 1. The maximum absolute atomic E-state index is 12.7. The topological polar surface area (TPSA) is 55.4 Å². The van der Waals surface area contributed by atoms with E-state index in [1.807, 2.05) is 25.1 Å². The molecule has 0 aliphatic carbocycles. The summed E-state index contributed by atoms with van der Waals surface area (Å²) < 4.78 is 34.7. The van der Waals surface area contributed by atoms with Gasteiger partial charge in [-0.2, -0.15) is 4.72 Å². The van der Waals surface area contributed by atoms with Crippen molar-refractivity contribution in [1.82, 2.24) is 4.72 Å². The summed E-state index contributed by atoms with van der Waals surface area (Å²) in [4.78, 5) is 0.222. The molecule has 2 aromatic rings. The van der Waals surface area contributed by atoms with Gasteiger partial charge < -0.3 is 4.74 Å². The fraction of sp³-hybridized carbons (Fsp3) is 0.167. The second kappa shape index (κ2) is 6.57. The van der Waals surface area contributed by atoms with E-state index in [1.54, 1.807) is 24.3 Å². The molecule has 1 aliphatic rings. The largest absolute Gasteiger partial charge is 0.488 e. The van der Waals surface area contributed by atoms with E-state index in [0.29, 0.717) is 11.3 Å². The molecule has 2 aromatic carbocycles. The molecule has 4 nitrogen and oxygen atoms in total. The second-order valence-electron chi connectivity index (χ2n) is 5.54. The predicted octanol–water partition coefficient (Wildman–Crippen LogP) is 3.88. The first-order valence-corrected chi connectivity index (χ1v) is 9.58. The molecule has 0 fully saturated rings. The van der Waals surface area contributed by atoms with Crippen molar-refractivity contribution < 1.29 is 13.2 Å². The van der Waals surface area contributed by atoms with Crippen molar-refractivity contribution in [3.63, 3.8) is 0 Å². The van der Waals surface area contributed by atoms with Crippen LogP contribution < -0.4 is 9.46 Å². The Bertz CT molecular complexity index is 929. The van der Waals surface area contributed by atoms with Gasteiger partial charge in [-0.25, -0.2) is 8.42 Å².